The summed E-state index contributed by atoms with van der Waals surface area (Å²) in [6.45, 7) is 0. The molecule has 3 rings (SSSR count). The van der Waals surface area contributed by atoms with Gasteiger partial charge in [0.15, 0.2) is 0 Å². The molecule has 1 heterocycles. The number of nitrogens with zero attached hydrogens (tertiary/aromatic N) is 4. The molecule has 0 saturated heterocycles. The largest absolute Gasteiger partial charge is 0.465 e. The minimum absolute atomic E-state index is 0.289. The first kappa shape index (κ1) is 17.3. The van der Waals surface area contributed by atoms with Gasteiger partial charge >= 0.3 is 5.97 Å². The van der Waals surface area contributed by atoms with Gasteiger partial charge in [-0.15, -0.1) is 5.10 Å². The number of ether oxygens (including phenoxy) is 1. The van der Waals surface area contributed by atoms with E-state index < -0.39 is 12.0 Å². The summed E-state index contributed by atoms with van der Waals surface area (Å²) in [5, 5.41) is 13.9. The number of esters is 1. The molecule has 1 N–H and O–H groups in total. The molecule has 0 radical (unpaired) electrons. The van der Waals surface area contributed by atoms with E-state index in [4.69, 9.17) is 4.74 Å². The lowest BCUT2D eigenvalue weighted by Crippen LogP contribution is -2.28. The van der Waals surface area contributed by atoms with E-state index in [9.17, 15) is 9.59 Å². The predicted octanol–water partition coefficient (Wildman–Crippen LogP) is 1.88. The van der Waals surface area contributed by atoms with Gasteiger partial charge in [-0.1, -0.05) is 36.4 Å². The highest BCUT2D eigenvalue weighted by atomic mass is 16.5. The molecule has 0 fully saturated rings. The van der Waals surface area contributed by atoms with Crippen molar-refractivity contribution in [3.05, 3.63) is 72.1 Å². The molecule has 0 bridgehead atoms. The summed E-state index contributed by atoms with van der Waals surface area (Å²) in [6.07, 6.45) is 1.83. The Morgan fingerprint density at radius 2 is 1.96 bits per heavy atom. The first-order chi connectivity index (χ1) is 12.7. The van der Waals surface area contributed by atoms with Crippen molar-refractivity contribution in [3.63, 3.8) is 0 Å². The summed E-state index contributed by atoms with van der Waals surface area (Å²) in [4.78, 5) is 24.5. The van der Waals surface area contributed by atoms with Gasteiger partial charge in [0.1, 0.15) is 12.4 Å². The second-order valence-electron chi connectivity index (χ2n) is 5.56. The first-order valence-corrected chi connectivity index (χ1v) is 7.93. The van der Waals surface area contributed by atoms with Crippen LogP contribution in [0.1, 0.15) is 22.0 Å². The third kappa shape index (κ3) is 4.10. The van der Waals surface area contributed by atoms with Crippen LogP contribution in [0, 0.1) is 0 Å². The molecule has 3 aromatic rings. The van der Waals surface area contributed by atoms with Gasteiger partial charge in [0.05, 0.1) is 12.7 Å². The van der Waals surface area contributed by atoms with Crippen LogP contribution in [0.2, 0.25) is 0 Å². The van der Waals surface area contributed by atoms with Gasteiger partial charge in [-0.05, 0) is 34.2 Å². The molecule has 1 amide bonds. The maximum Gasteiger partial charge on any atom is 0.337 e. The Hall–Kier alpha value is -3.55. The lowest BCUT2D eigenvalue weighted by Gasteiger charge is -2.16. The van der Waals surface area contributed by atoms with Crippen molar-refractivity contribution in [2.75, 3.05) is 12.4 Å². The number of hydrogen-bond donors (Lipinski definition) is 1. The Kier molecular flexibility index (Phi) is 5.33. The SMILES string of the molecule is COC(=O)c1cccc(NC(=O)C(Cc2ccccc2)n2cnnn2)c1. The standard InChI is InChI=1S/C18H17N5O3/c1-26-18(25)14-8-5-9-15(11-14)20-17(24)16(23-12-19-21-22-23)10-13-6-3-2-4-7-13/h2-9,11-12,16H,10H2,1H3,(H,20,24). The number of rotatable bonds is 6. The van der Waals surface area contributed by atoms with Crippen LogP contribution in [0.15, 0.2) is 60.9 Å². The molecule has 26 heavy (non-hydrogen) atoms. The molecule has 1 unspecified atom stereocenters. The van der Waals surface area contributed by atoms with Gasteiger partial charge in [0, 0.05) is 12.1 Å². The van der Waals surface area contributed by atoms with Gasteiger partial charge in [0.2, 0.25) is 5.91 Å². The highest BCUT2D eigenvalue weighted by Crippen LogP contribution is 2.17. The van der Waals surface area contributed by atoms with Crippen LogP contribution in [0.5, 0.6) is 0 Å². The van der Waals surface area contributed by atoms with Crippen LogP contribution < -0.4 is 5.32 Å². The van der Waals surface area contributed by atoms with Crippen molar-refractivity contribution in [2.24, 2.45) is 0 Å². The highest BCUT2D eigenvalue weighted by Gasteiger charge is 2.22. The van der Waals surface area contributed by atoms with Crippen LogP contribution in [0.4, 0.5) is 5.69 Å². The zero-order valence-corrected chi connectivity index (χ0v) is 14.1. The van der Waals surface area contributed by atoms with Crippen molar-refractivity contribution >= 4 is 17.6 Å². The van der Waals surface area contributed by atoms with E-state index >= 15 is 0 Å². The number of amides is 1. The normalized spacial score (nSPS) is 11.6. The van der Waals surface area contributed by atoms with Gasteiger partial charge in [-0.2, -0.15) is 0 Å². The van der Waals surface area contributed by atoms with Crippen molar-refractivity contribution in [3.8, 4) is 0 Å². The molecular formula is C18H17N5O3. The number of methoxy groups -OCH3 is 1. The number of carbonyl (C=O) groups is 2. The highest BCUT2D eigenvalue weighted by molar-refractivity contribution is 5.96. The van der Waals surface area contributed by atoms with E-state index in [1.807, 2.05) is 30.3 Å². The maximum absolute atomic E-state index is 12.8. The summed E-state index contributed by atoms with van der Waals surface area (Å²) in [5.41, 5.74) is 1.82. The summed E-state index contributed by atoms with van der Waals surface area (Å²) >= 11 is 0. The quantitative estimate of drug-likeness (QED) is 0.681. The Balaban J connectivity index is 1.81. The third-order valence-corrected chi connectivity index (χ3v) is 3.81. The number of anilines is 1. The van der Waals surface area contributed by atoms with Crippen LogP contribution in [0.25, 0.3) is 0 Å². The third-order valence-electron chi connectivity index (χ3n) is 3.81. The smallest absolute Gasteiger partial charge is 0.337 e. The van der Waals surface area contributed by atoms with Gasteiger partial charge in [-0.25, -0.2) is 9.48 Å². The minimum atomic E-state index is -0.630. The van der Waals surface area contributed by atoms with Crippen molar-refractivity contribution < 1.29 is 14.3 Å². The molecule has 8 nitrogen and oxygen atoms in total. The van der Waals surface area contributed by atoms with Crippen LogP contribution in [-0.4, -0.2) is 39.2 Å². The predicted molar refractivity (Wildman–Crippen MR) is 93.4 cm³/mol. The number of aromatic nitrogens is 4. The average Bonchev–Trinajstić information content (AvgIpc) is 3.20. The fourth-order valence-electron chi connectivity index (χ4n) is 2.52. The van der Waals surface area contributed by atoms with Crippen molar-refractivity contribution in [2.45, 2.75) is 12.5 Å². The van der Waals surface area contributed by atoms with Gasteiger partial charge < -0.3 is 10.1 Å². The van der Waals surface area contributed by atoms with Crippen LogP contribution >= 0.6 is 0 Å². The molecule has 132 valence electrons. The van der Waals surface area contributed by atoms with E-state index in [-0.39, 0.29) is 5.91 Å². The zero-order valence-electron chi connectivity index (χ0n) is 14.1. The van der Waals surface area contributed by atoms with Crippen LogP contribution in [-0.2, 0) is 16.0 Å². The fourth-order valence-corrected chi connectivity index (χ4v) is 2.52. The molecular weight excluding hydrogens is 334 g/mol. The van der Waals surface area contributed by atoms with E-state index in [1.54, 1.807) is 24.3 Å². The second-order valence-corrected chi connectivity index (χ2v) is 5.56. The second kappa shape index (κ2) is 8.02. The molecule has 1 atom stereocenters. The van der Waals surface area contributed by atoms with Crippen molar-refractivity contribution in [1.82, 2.24) is 20.2 Å². The zero-order chi connectivity index (χ0) is 18.4. The number of hydrogen-bond acceptors (Lipinski definition) is 6. The Bertz CT molecular complexity index is 881. The lowest BCUT2D eigenvalue weighted by molar-refractivity contribution is -0.119. The molecule has 8 heteroatoms. The van der Waals surface area contributed by atoms with Crippen molar-refractivity contribution in [1.29, 1.82) is 0 Å². The lowest BCUT2D eigenvalue weighted by atomic mass is 10.1. The maximum atomic E-state index is 12.8. The van der Waals surface area contributed by atoms with E-state index in [2.05, 4.69) is 20.8 Å². The summed E-state index contributed by atoms with van der Waals surface area (Å²) in [5.74, 6) is -0.759. The molecule has 1 aromatic heterocycles. The van der Waals surface area contributed by atoms with Crippen LogP contribution in [0.3, 0.4) is 0 Å². The molecule has 0 spiro atoms. The number of tetrazole rings is 1. The topological polar surface area (TPSA) is 99.0 Å². The molecule has 0 aliphatic rings. The molecule has 2 aromatic carbocycles. The molecule has 0 aliphatic heterocycles. The monoisotopic (exact) mass is 351 g/mol. The van der Waals surface area contributed by atoms with E-state index in [0.29, 0.717) is 17.7 Å². The number of carbonyl (C=O) groups excluding carboxylic acids is 2. The summed E-state index contributed by atoms with van der Waals surface area (Å²) in [6, 6.07) is 15.5. The van der Waals surface area contributed by atoms with E-state index in [0.717, 1.165) is 5.56 Å². The number of nitrogens with one attached hydrogen (secondary N) is 1. The average molecular weight is 351 g/mol. The summed E-state index contributed by atoms with van der Waals surface area (Å²) < 4.78 is 6.11. The minimum Gasteiger partial charge on any atom is -0.465 e. The van der Waals surface area contributed by atoms with E-state index in [1.165, 1.54) is 18.1 Å². The van der Waals surface area contributed by atoms with Gasteiger partial charge in [-0.3, -0.25) is 4.79 Å². The number of benzene rings is 2. The summed E-state index contributed by atoms with van der Waals surface area (Å²) in [7, 11) is 1.31. The molecule has 0 aliphatic carbocycles. The first-order valence-electron chi connectivity index (χ1n) is 7.93. The fraction of sp³-hybridized carbons (Fsp3) is 0.167. The Morgan fingerprint density at radius 1 is 1.15 bits per heavy atom. The Morgan fingerprint density at radius 3 is 2.65 bits per heavy atom. The van der Waals surface area contributed by atoms with Gasteiger partial charge in [0.25, 0.3) is 0 Å². The molecule has 0 saturated carbocycles. The Labute approximate surface area is 149 Å².